The lowest BCUT2D eigenvalue weighted by Gasteiger charge is -2.11. The third-order valence-corrected chi connectivity index (χ3v) is 5.07. The van der Waals surface area contributed by atoms with Crippen LogP contribution in [0.1, 0.15) is 6.92 Å². The highest BCUT2D eigenvalue weighted by Crippen LogP contribution is 2.23. The Bertz CT molecular complexity index is 592. The Morgan fingerprint density at radius 2 is 1.58 bits per heavy atom. The standard InChI is InChI=1S/C14H19N3O5S2.2ClH/c1-8(18)17-9-2-4-10(5-3-9)22-14(21)12(16)7-24-23-6-11(15)13(19)20;;/h2-5,11-12H,6-7,15-16H2,1H3,(H,17,18)(H,19,20);2*1H. The quantitative estimate of drug-likeness (QED) is 0.192. The van der Waals surface area contributed by atoms with Gasteiger partial charge in [0.15, 0.2) is 0 Å². The van der Waals surface area contributed by atoms with Crippen molar-refractivity contribution in [1.29, 1.82) is 0 Å². The van der Waals surface area contributed by atoms with E-state index in [1.54, 1.807) is 24.3 Å². The van der Waals surface area contributed by atoms with Crippen molar-refractivity contribution >= 4 is 69.9 Å². The number of halogens is 2. The predicted molar refractivity (Wildman–Crippen MR) is 109 cm³/mol. The summed E-state index contributed by atoms with van der Waals surface area (Å²) in [4.78, 5) is 33.3. The van der Waals surface area contributed by atoms with Crippen LogP contribution in [0.15, 0.2) is 24.3 Å². The Balaban J connectivity index is 0. The van der Waals surface area contributed by atoms with Gasteiger partial charge in [0.05, 0.1) is 0 Å². The van der Waals surface area contributed by atoms with Crippen LogP contribution < -0.4 is 21.5 Å². The number of amides is 1. The molecule has 0 aliphatic rings. The summed E-state index contributed by atoms with van der Waals surface area (Å²) >= 11 is 0. The number of hydrogen-bond donors (Lipinski definition) is 4. The van der Waals surface area contributed by atoms with Crippen molar-refractivity contribution < 1.29 is 24.2 Å². The predicted octanol–water partition coefficient (Wildman–Crippen LogP) is 1.51. The molecule has 0 aliphatic heterocycles. The number of carbonyl (C=O) groups excluding carboxylic acids is 2. The first-order valence-electron chi connectivity index (χ1n) is 6.87. The first-order valence-corrected chi connectivity index (χ1v) is 9.36. The SMILES string of the molecule is CC(=O)Nc1ccc(OC(=O)C(N)CSSCC(N)C(=O)O)cc1.Cl.Cl. The molecule has 12 heteroatoms. The Hall–Kier alpha value is -1.17. The third kappa shape index (κ3) is 10.7. The molecule has 0 saturated heterocycles. The Morgan fingerprint density at radius 3 is 2.04 bits per heavy atom. The van der Waals surface area contributed by atoms with Crippen molar-refractivity contribution in [2.45, 2.75) is 19.0 Å². The van der Waals surface area contributed by atoms with Gasteiger partial charge in [-0.1, -0.05) is 21.6 Å². The van der Waals surface area contributed by atoms with Crippen LogP contribution in [-0.4, -0.2) is 46.5 Å². The van der Waals surface area contributed by atoms with Crippen molar-refractivity contribution in [2.75, 3.05) is 16.8 Å². The van der Waals surface area contributed by atoms with Crippen LogP contribution in [0.4, 0.5) is 5.69 Å². The van der Waals surface area contributed by atoms with Gasteiger partial charge in [0.2, 0.25) is 5.91 Å². The Kier molecular flexibility index (Phi) is 14.5. The highest BCUT2D eigenvalue weighted by molar-refractivity contribution is 8.76. The minimum absolute atomic E-state index is 0. The highest BCUT2D eigenvalue weighted by Gasteiger charge is 2.17. The van der Waals surface area contributed by atoms with Gasteiger partial charge in [-0.05, 0) is 24.3 Å². The maximum absolute atomic E-state index is 11.9. The molecule has 0 aliphatic carbocycles. The van der Waals surface area contributed by atoms with E-state index in [2.05, 4.69) is 5.32 Å². The van der Waals surface area contributed by atoms with Gasteiger partial charge in [0.25, 0.3) is 0 Å². The average Bonchev–Trinajstić information content (AvgIpc) is 2.52. The fourth-order valence-corrected chi connectivity index (χ4v) is 3.60. The molecule has 0 saturated carbocycles. The fourth-order valence-electron chi connectivity index (χ4n) is 1.38. The molecule has 2 atom stereocenters. The van der Waals surface area contributed by atoms with Crippen LogP contribution in [-0.2, 0) is 14.4 Å². The largest absolute Gasteiger partial charge is 0.480 e. The van der Waals surface area contributed by atoms with Crippen molar-refractivity contribution in [1.82, 2.24) is 0 Å². The molecule has 1 aromatic rings. The van der Waals surface area contributed by atoms with Crippen molar-refractivity contribution in [3.05, 3.63) is 24.3 Å². The number of ether oxygens (including phenoxy) is 1. The third-order valence-electron chi connectivity index (χ3n) is 2.59. The number of benzene rings is 1. The van der Waals surface area contributed by atoms with Gasteiger partial charge >= 0.3 is 11.9 Å². The molecule has 148 valence electrons. The molecule has 1 aromatic carbocycles. The summed E-state index contributed by atoms with van der Waals surface area (Å²) in [5, 5.41) is 11.2. The van der Waals surface area contributed by atoms with Crippen LogP contribution >= 0.6 is 46.4 Å². The number of esters is 1. The maximum Gasteiger partial charge on any atom is 0.329 e. The molecule has 1 rings (SSSR count). The second-order valence-corrected chi connectivity index (χ2v) is 7.30. The Morgan fingerprint density at radius 1 is 1.08 bits per heavy atom. The minimum Gasteiger partial charge on any atom is -0.480 e. The molecule has 8 nitrogen and oxygen atoms in total. The van der Waals surface area contributed by atoms with Gasteiger partial charge in [0.1, 0.15) is 17.8 Å². The fraction of sp³-hybridized carbons (Fsp3) is 0.357. The van der Waals surface area contributed by atoms with Crippen LogP contribution in [0, 0.1) is 0 Å². The zero-order chi connectivity index (χ0) is 18.1. The van der Waals surface area contributed by atoms with Crippen molar-refractivity contribution in [2.24, 2.45) is 11.5 Å². The summed E-state index contributed by atoms with van der Waals surface area (Å²) in [7, 11) is 2.49. The normalized spacial score (nSPS) is 12.0. The van der Waals surface area contributed by atoms with Gasteiger partial charge < -0.3 is 26.6 Å². The second-order valence-electron chi connectivity index (χ2n) is 4.75. The summed E-state index contributed by atoms with van der Waals surface area (Å²) in [6.45, 7) is 1.39. The zero-order valence-electron chi connectivity index (χ0n) is 13.7. The van der Waals surface area contributed by atoms with E-state index in [1.165, 1.54) is 28.5 Å². The number of carbonyl (C=O) groups is 3. The molecule has 6 N–H and O–H groups in total. The van der Waals surface area contributed by atoms with Gasteiger partial charge in [-0.25, -0.2) is 4.79 Å². The summed E-state index contributed by atoms with van der Waals surface area (Å²) in [5.74, 6) is -1.08. The molecule has 0 aromatic heterocycles. The first kappa shape index (κ1) is 27.1. The molecule has 26 heavy (non-hydrogen) atoms. The number of carboxylic acid groups (broad SMARTS) is 1. The number of hydrogen-bond acceptors (Lipinski definition) is 8. The molecular weight excluding hydrogens is 425 g/mol. The van der Waals surface area contributed by atoms with E-state index in [0.29, 0.717) is 11.4 Å². The molecule has 0 radical (unpaired) electrons. The van der Waals surface area contributed by atoms with Gasteiger partial charge in [-0.2, -0.15) is 0 Å². The molecule has 1 amide bonds. The monoisotopic (exact) mass is 445 g/mol. The van der Waals surface area contributed by atoms with Gasteiger partial charge in [-0.15, -0.1) is 24.8 Å². The van der Waals surface area contributed by atoms with Crippen LogP contribution in [0.25, 0.3) is 0 Å². The highest BCUT2D eigenvalue weighted by atomic mass is 35.5. The number of anilines is 1. The molecule has 0 spiro atoms. The summed E-state index contributed by atoms with van der Waals surface area (Å²) < 4.78 is 5.13. The van der Waals surface area contributed by atoms with Crippen LogP contribution in [0.5, 0.6) is 5.75 Å². The summed E-state index contributed by atoms with van der Waals surface area (Å²) in [6, 6.07) is 4.50. The van der Waals surface area contributed by atoms with Crippen molar-refractivity contribution in [3.8, 4) is 5.75 Å². The van der Waals surface area contributed by atoms with E-state index in [9.17, 15) is 14.4 Å². The van der Waals surface area contributed by atoms with E-state index in [-0.39, 0.29) is 42.2 Å². The van der Waals surface area contributed by atoms with Crippen LogP contribution in [0.2, 0.25) is 0 Å². The average molecular weight is 446 g/mol. The van der Waals surface area contributed by atoms with E-state index >= 15 is 0 Å². The number of carboxylic acids is 1. The number of nitrogens with one attached hydrogen (secondary N) is 1. The zero-order valence-corrected chi connectivity index (χ0v) is 17.0. The van der Waals surface area contributed by atoms with Gasteiger partial charge in [-0.3, -0.25) is 9.59 Å². The minimum atomic E-state index is -1.07. The molecule has 2 unspecified atom stereocenters. The number of aliphatic carboxylic acids is 1. The summed E-state index contributed by atoms with van der Waals surface area (Å²) in [5.41, 5.74) is 11.7. The van der Waals surface area contributed by atoms with E-state index in [1.807, 2.05) is 0 Å². The van der Waals surface area contributed by atoms with Crippen LogP contribution in [0.3, 0.4) is 0 Å². The summed E-state index contributed by atoms with van der Waals surface area (Å²) in [6.07, 6.45) is 0. The lowest BCUT2D eigenvalue weighted by atomic mass is 10.3. The smallest absolute Gasteiger partial charge is 0.329 e. The Labute approximate surface area is 171 Å². The van der Waals surface area contributed by atoms with E-state index in [4.69, 9.17) is 21.3 Å². The number of nitrogens with two attached hydrogens (primary N) is 2. The molecular formula is C14H21Cl2N3O5S2. The molecule has 0 heterocycles. The van der Waals surface area contributed by atoms with Crippen molar-refractivity contribution in [3.63, 3.8) is 0 Å². The van der Waals surface area contributed by atoms with E-state index < -0.39 is 24.0 Å². The number of rotatable bonds is 9. The maximum atomic E-state index is 11.9. The second kappa shape index (κ2) is 14.0. The topological polar surface area (TPSA) is 145 Å². The van der Waals surface area contributed by atoms with E-state index in [0.717, 1.165) is 0 Å². The molecule has 0 fully saturated rings. The molecule has 0 bridgehead atoms. The van der Waals surface area contributed by atoms with Gasteiger partial charge in [0, 0.05) is 24.1 Å². The first-order chi connectivity index (χ1) is 11.3. The lowest BCUT2D eigenvalue weighted by molar-refractivity contribution is -0.138. The lowest BCUT2D eigenvalue weighted by Crippen LogP contribution is -2.36.